The normalized spacial score (nSPS) is 18.1. The number of rotatable bonds is 6. The number of nitrogens with zero attached hydrogens (tertiary/aromatic N) is 2. The lowest BCUT2D eigenvalue weighted by atomic mass is 10.1. The van der Waals surface area contributed by atoms with Gasteiger partial charge < -0.3 is 15.3 Å². The Balaban J connectivity index is 1.51. The van der Waals surface area contributed by atoms with E-state index in [1.807, 2.05) is 11.8 Å². The highest BCUT2D eigenvalue weighted by Gasteiger charge is 2.22. The second kappa shape index (κ2) is 9.11. The highest BCUT2D eigenvalue weighted by molar-refractivity contribution is 7.98. The fourth-order valence-electron chi connectivity index (χ4n) is 3.18. The second-order valence-electron chi connectivity index (χ2n) is 6.32. The van der Waals surface area contributed by atoms with Gasteiger partial charge in [-0.1, -0.05) is 42.5 Å². The van der Waals surface area contributed by atoms with E-state index in [1.54, 1.807) is 0 Å². The van der Waals surface area contributed by atoms with Gasteiger partial charge in [-0.2, -0.15) is 11.8 Å². The van der Waals surface area contributed by atoms with E-state index in [-0.39, 0.29) is 6.10 Å². The van der Waals surface area contributed by atoms with E-state index < -0.39 is 0 Å². The van der Waals surface area contributed by atoms with Crippen LogP contribution in [0, 0.1) is 0 Å². The molecule has 1 aliphatic rings. The topological polar surface area (TPSA) is 47.9 Å². The molecule has 3 rings (SSSR count). The average molecular weight is 358 g/mol. The third kappa shape index (κ3) is 4.89. The molecule has 0 aromatic heterocycles. The molecule has 0 saturated carbocycles. The largest absolute Gasteiger partial charge is 0.391 e. The van der Waals surface area contributed by atoms with E-state index in [0.717, 1.165) is 43.5 Å². The molecule has 0 spiro atoms. The molecule has 1 atom stereocenters. The van der Waals surface area contributed by atoms with Gasteiger partial charge in [0.25, 0.3) is 0 Å². The molecule has 0 bridgehead atoms. The van der Waals surface area contributed by atoms with Crippen LogP contribution in [0.5, 0.6) is 0 Å². The lowest BCUT2D eigenvalue weighted by molar-refractivity contribution is 0.188. The van der Waals surface area contributed by atoms with Crippen LogP contribution < -0.4 is 5.32 Å². The Morgan fingerprint density at radius 3 is 2.92 bits per heavy atom. The van der Waals surface area contributed by atoms with E-state index in [4.69, 9.17) is 4.99 Å². The van der Waals surface area contributed by atoms with Crippen molar-refractivity contribution in [2.24, 2.45) is 4.99 Å². The van der Waals surface area contributed by atoms with Crippen molar-refractivity contribution in [3.63, 3.8) is 0 Å². The molecule has 0 amide bonds. The molecule has 134 valence electrons. The summed E-state index contributed by atoms with van der Waals surface area (Å²) in [5.41, 5.74) is 1.39. The lowest BCUT2D eigenvalue weighted by Gasteiger charge is -2.20. The van der Waals surface area contributed by atoms with E-state index in [1.165, 1.54) is 16.3 Å². The van der Waals surface area contributed by atoms with Gasteiger partial charge in [0.15, 0.2) is 5.96 Å². The van der Waals surface area contributed by atoms with E-state index in [2.05, 4.69) is 59.6 Å². The van der Waals surface area contributed by atoms with Crippen LogP contribution in [-0.4, -0.2) is 54.0 Å². The third-order valence-corrected chi connectivity index (χ3v) is 5.42. The molecule has 1 aliphatic heterocycles. The highest BCUT2D eigenvalue weighted by atomic mass is 32.2. The molecular weight excluding hydrogens is 330 g/mol. The van der Waals surface area contributed by atoms with Crippen LogP contribution in [0.4, 0.5) is 0 Å². The molecule has 2 aromatic rings. The summed E-state index contributed by atoms with van der Waals surface area (Å²) in [6, 6.07) is 15.1. The minimum absolute atomic E-state index is 0.218. The summed E-state index contributed by atoms with van der Waals surface area (Å²) in [7, 11) is 0. The van der Waals surface area contributed by atoms with Crippen molar-refractivity contribution in [1.29, 1.82) is 0 Å². The molecule has 0 aliphatic carbocycles. The summed E-state index contributed by atoms with van der Waals surface area (Å²) in [6.07, 6.45) is 0.616. The van der Waals surface area contributed by atoms with Crippen LogP contribution in [0.25, 0.3) is 10.8 Å². The molecule has 25 heavy (non-hydrogen) atoms. The van der Waals surface area contributed by atoms with Crippen LogP contribution >= 0.6 is 11.8 Å². The minimum atomic E-state index is -0.218. The van der Waals surface area contributed by atoms with Gasteiger partial charge in [-0.15, -0.1) is 0 Å². The van der Waals surface area contributed by atoms with Crippen molar-refractivity contribution < 1.29 is 5.11 Å². The van der Waals surface area contributed by atoms with Crippen LogP contribution in [0.2, 0.25) is 0 Å². The first kappa shape index (κ1) is 18.1. The SMILES string of the molecule is CCNC(=NCCSCc1cccc2ccccc12)N1CC[C@@H](O)C1. The van der Waals surface area contributed by atoms with Gasteiger partial charge in [-0.3, -0.25) is 4.99 Å². The molecule has 1 heterocycles. The first-order valence-corrected chi connectivity index (χ1v) is 10.2. The summed E-state index contributed by atoms with van der Waals surface area (Å²) in [4.78, 5) is 6.88. The van der Waals surface area contributed by atoms with E-state index in [0.29, 0.717) is 6.54 Å². The van der Waals surface area contributed by atoms with Gasteiger partial charge in [0.05, 0.1) is 12.6 Å². The number of aliphatic hydroxyl groups is 1. The smallest absolute Gasteiger partial charge is 0.194 e. The fourth-order valence-corrected chi connectivity index (χ4v) is 4.01. The Hall–Kier alpha value is -1.72. The number of guanidine groups is 1. The average Bonchev–Trinajstić information content (AvgIpc) is 3.07. The van der Waals surface area contributed by atoms with Crippen molar-refractivity contribution in [1.82, 2.24) is 10.2 Å². The van der Waals surface area contributed by atoms with E-state index >= 15 is 0 Å². The van der Waals surface area contributed by atoms with Gasteiger partial charge in [0.2, 0.25) is 0 Å². The lowest BCUT2D eigenvalue weighted by Crippen LogP contribution is -2.40. The number of thioether (sulfide) groups is 1. The monoisotopic (exact) mass is 357 g/mol. The Labute approximate surface area is 154 Å². The maximum absolute atomic E-state index is 9.71. The quantitative estimate of drug-likeness (QED) is 0.474. The number of benzene rings is 2. The Morgan fingerprint density at radius 2 is 2.12 bits per heavy atom. The van der Waals surface area contributed by atoms with Gasteiger partial charge in [0, 0.05) is 31.1 Å². The summed E-state index contributed by atoms with van der Waals surface area (Å²) in [5.74, 6) is 2.94. The van der Waals surface area contributed by atoms with Crippen LogP contribution in [0.15, 0.2) is 47.5 Å². The minimum Gasteiger partial charge on any atom is -0.391 e. The molecule has 0 radical (unpaired) electrons. The van der Waals surface area contributed by atoms with Crippen LogP contribution in [0.1, 0.15) is 18.9 Å². The van der Waals surface area contributed by atoms with Gasteiger partial charge in [-0.05, 0) is 29.7 Å². The summed E-state index contributed by atoms with van der Waals surface area (Å²) >= 11 is 1.92. The number of fused-ring (bicyclic) bond motifs is 1. The zero-order valence-corrected chi connectivity index (χ0v) is 15.6. The fraction of sp³-hybridized carbons (Fsp3) is 0.450. The molecule has 4 nitrogen and oxygen atoms in total. The first-order chi connectivity index (χ1) is 12.3. The van der Waals surface area contributed by atoms with Crippen molar-refractivity contribution >= 4 is 28.5 Å². The molecule has 2 N–H and O–H groups in total. The Kier molecular flexibility index (Phi) is 6.59. The first-order valence-electron chi connectivity index (χ1n) is 9.03. The Morgan fingerprint density at radius 1 is 1.28 bits per heavy atom. The predicted molar refractivity (Wildman–Crippen MR) is 108 cm³/mol. The van der Waals surface area contributed by atoms with Crippen molar-refractivity contribution in [3.8, 4) is 0 Å². The van der Waals surface area contributed by atoms with Crippen LogP contribution in [0.3, 0.4) is 0 Å². The molecule has 5 heteroatoms. The third-order valence-electron chi connectivity index (χ3n) is 4.43. The number of β-amino-alcohol motifs (C(OH)–C–C–N with tert-alkyl or cyclic N) is 1. The molecule has 1 saturated heterocycles. The van der Waals surface area contributed by atoms with E-state index in [9.17, 15) is 5.11 Å². The maximum Gasteiger partial charge on any atom is 0.194 e. The summed E-state index contributed by atoms with van der Waals surface area (Å²) in [5, 5.41) is 15.7. The van der Waals surface area contributed by atoms with Crippen molar-refractivity contribution in [2.75, 3.05) is 31.9 Å². The molecular formula is C20H27N3OS. The summed E-state index contributed by atoms with van der Waals surface area (Å²) < 4.78 is 0. The number of likely N-dealkylation sites (tertiary alicyclic amines) is 1. The van der Waals surface area contributed by atoms with Crippen molar-refractivity contribution in [2.45, 2.75) is 25.2 Å². The summed E-state index contributed by atoms with van der Waals surface area (Å²) in [6.45, 7) is 5.31. The number of hydrogen-bond donors (Lipinski definition) is 2. The molecule has 2 aromatic carbocycles. The second-order valence-corrected chi connectivity index (χ2v) is 7.42. The number of hydrogen-bond acceptors (Lipinski definition) is 3. The predicted octanol–water partition coefficient (Wildman–Crippen LogP) is 3.11. The van der Waals surface area contributed by atoms with Gasteiger partial charge in [0.1, 0.15) is 0 Å². The number of aliphatic hydroxyl groups excluding tert-OH is 1. The zero-order valence-electron chi connectivity index (χ0n) is 14.8. The van der Waals surface area contributed by atoms with Crippen LogP contribution in [-0.2, 0) is 5.75 Å². The maximum atomic E-state index is 9.71. The van der Waals surface area contributed by atoms with Gasteiger partial charge >= 0.3 is 0 Å². The number of aliphatic imine (C=N–C) groups is 1. The van der Waals surface area contributed by atoms with Crippen molar-refractivity contribution in [3.05, 3.63) is 48.0 Å². The zero-order chi connectivity index (χ0) is 17.5. The standard InChI is InChI=1S/C20H27N3OS/c1-2-21-20(23-12-10-18(24)14-23)22-11-13-25-15-17-8-5-7-16-6-3-4-9-19(16)17/h3-9,18,24H,2,10-15H2,1H3,(H,21,22)/t18-/m1/s1. The number of nitrogens with one attached hydrogen (secondary N) is 1. The highest BCUT2D eigenvalue weighted by Crippen LogP contribution is 2.22. The molecule has 0 unspecified atom stereocenters. The molecule has 1 fully saturated rings. The van der Waals surface area contributed by atoms with Gasteiger partial charge in [-0.25, -0.2) is 0 Å². The Bertz CT molecular complexity index is 714.